The molecule has 0 aliphatic carbocycles. The molecule has 1 unspecified atom stereocenters. The van der Waals surface area contributed by atoms with Crippen molar-refractivity contribution in [2.75, 3.05) is 6.54 Å². The zero-order valence-corrected chi connectivity index (χ0v) is 10.8. The second-order valence-corrected chi connectivity index (χ2v) is 4.20. The van der Waals surface area contributed by atoms with Crippen LogP contribution in [0.4, 0.5) is 8.78 Å². The molecule has 5 heteroatoms. The van der Waals surface area contributed by atoms with Gasteiger partial charge >= 0.3 is 0 Å². The summed E-state index contributed by atoms with van der Waals surface area (Å²) < 4.78 is 27.7. The summed E-state index contributed by atoms with van der Waals surface area (Å²) in [5.74, 6) is -1.25. The van der Waals surface area contributed by atoms with Crippen molar-refractivity contribution in [1.82, 2.24) is 15.3 Å². The van der Waals surface area contributed by atoms with Gasteiger partial charge in [-0.15, -0.1) is 0 Å². The number of aryl methyl sites for hydroxylation is 1. The van der Waals surface area contributed by atoms with Crippen LogP contribution in [0.2, 0.25) is 0 Å². The zero-order chi connectivity index (χ0) is 13.8. The summed E-state index contributed by atoms with van der Waals surface area (Å²) in [5, 5.41) is 3.07. The first-order valence-corrected chi connectivity index (χ1v) is 6.10. The molecule has 0 spiro atoms. The summed E-state index contributed by atoms with van der Waals surface area (Å²) in [6.45, 7) is 4.01. The Morgan fingerprint density at radius 2 is 1.84 bits per heavy atom. The van der Waals surface area contributed by atoms with Crippen LogP contribution in [0.1, 0.15) is 29.9 Å². The number of aromatic nitrogens is 2. The third-order valence-electron chi connectivity index (χ3n) is 2.87. The summed E-state index contributed by atoms with van der Waals surface area (Å²) in [6.07, 6.45) is 3.16. The minimum atomic E-state index is -0.849. The van der Waals surface area contributed by atoms with Crippen molar-refractivity contribution in [2.45, 2.75) is 19.9 Å². The molecule has 100 valence electrons. The van der Waals surface area contributed by atoms with E-state index in [4.69, 9.17) is 0 Å². The van der Waals surface area contributed by atoms with Gasteiger partial charge < -0.3 is 5.32 Å². The summed E-state index contributed by atoms with van der Waals surface area (Å²) in [4.78, 5) is 8.21. The van der Waals surface area contributed by atoms with Crippen molar-refractivity contribution >= 4 is 0 Å². The number of nitrogens with zero attached hydrogens (tertiary/aromatic N) is 2. The quantitative estimate of drug-likeness (QED) is 0.921. The maximum Gasteiger partial charge on any atom is 0.164 e. The molecule has 1 aromatic carbocycles. The molecule has 1 N–H and O–H groups in total. The predicted octanol–water partition coefficient (Wildman–Crippen LogP) is 2.76. The van der Waals surface area contributed by atoms with E-state index in [1.807, 2.05) is 6.92 Å². The van der Waals surface area contributed by atoms with E-state index < -0.39 is 17.7 Å². The zero-order valence-electron chi connectivity index (χ0n) is 10.8. The maximum atomic E-state index is 14.1. The third-order valence-corrected chi connectivity index (χ3v) is 2.87. The van der Waals surface area contributed by atoms with E-state index in [9.17, 15) is 8.78 Å². The van der Waals surface area contributed by atoms with Crippen molar-refractivity contribution < 1.29 is 8.78 Å². The van der Waals surface area contributed by atoms with Gasteiger partial charge in [0.2, 0.25) is 0 Å². The summed E-state index contributed by atoms with van der Waals surface area (Å²) in [6, 6.07) is 4.25. The molecule has 0 saturated carbocycles. The minimum absolute atomic E-state index is 0.219. The number of halogens is 2. The molecule has 0 aliphatic rings. The van der Waals surface area contributed by atoms with Crippen LogP contribution in [0.25, 0.3) is 0 Å². The highest BCUT2D eigenvalue weighted by Gasteiger charge is 2.22. The summed E-state index contributed by atoms with van der Waals surface area (Å²) >= 11 is 0. The van der Waals surface area contributed by atoms with Crippen molar-refractivity contribution in [3.8, 4) is 0 Å². The highest BCUT2D eigenvalue weighted by molar-refractivity contribution is 5.31. The molecule has 2 rings (SSSR count). The molecule has 0 bridgehead atoms. The Labute approximate surface area is 110 Å². The normalized spacial score (nSPS) is 12.4. The maximum absolute atomic E-state index is 14.1. The van der Waals surface area contributed by atoms with Gasteiger partial charge in [-0.3, -0.25) is 0 Å². The Morgan fingerprint density at radius 1 is 1.16 bits per heavy atom. The first-order chi connectivity index (χ1) is 9.15. The van der Waals surface area contributed by atoms with E-state index in [-0.39, 0.29) is 11.1 Å². The molecule has 1 aromatic heterocycles. The first-order valence-electron chi connectivity index (χ1n) is 6.10. The van der Waals surface area contributed by atoms with Gasteiger partial charge in [0.05, 0.1) is 6.04 Å². The molecule has 0 aliphatic heterocycles. The molecule has 1 heterocycles. The molecule has 1 atom stereocenters. The SMILES string of the molecule is CCNC(c1ncccn1)c1ccc(C)c(F)c1F. The first kappa shape index (κ1) is 13.5. The van der Waals surface area contributed by atoms with Gasteiger partial charge in [0.1, 0.15) is 5.82 Å². The van der Waals surface area contributed by atoms with Gasteiger partial charge in [-0.25, -0.2) is 18.7 Å². The Morgan fingerprint density at radius 3 is 2.47 bits per heavy atom. The number of hydrogen-bond donors (Lipinski definition) is 1. The lowest BCUT2D eigenvalue weighted by molar-refractivity contribution is 0.474. The lowest BCUT2D eigenvalue weighted by atomic mass is 10.0. The van der Waals surface area contributed by atoms with Crippen molar-refractivity contribution in [3.63, 3.8) is 0 Å². The van der Waals surface area contributed by atoms with Crippen LogP contribution in [0.15, 0.2) is 30.6 Å². The molecular weight excluding hydrogens is 248 g/mol. The lowest BCUT2D eigenvalue weighted by Crippen LogP contribution is -2.25. The van der Waals surface area contributed by atoms with Crippen LogP contribution in [-0.4, -0.2) is 16.5 Å². The van der Waals surface area contributed by atoms with Crippen molar-refractivity contribution in [2.24, 2.45) is 0 Å². The van der Waals surface area contributed by atoms with Gasteiger partial charge in [-0.05, 0) is 25.1 Å². The highest BCUT2D eigenvalue weighted by Crippen LogP contribution is 2.24. The lowest BCUT2D eigenvalue weighted by Gasteiger charge is -2.18. The summed E-state index contributed by atoms with van der Waals surface area (Å²) in [7, 11) is 0. The van der Waals surface area contributed by atoms with Crippen LogP contribution in [0.5, 0.6) is 0 Å². The molecular formula is C14H15F2N3. The second kappa shape index (κ2) is 5.84. The predicted molar refractivity (Wildman–Crippen MR) is 68.6 cm³/mol. The van der Waals surface area contributed by atoms with Gasteiger partial charge in [-0.2, -0.15) is 0 Å². The second-order valence-electron chi connectivity index (χ2n) is 4.20. The topological polar surface area (TPSA) is 37.8 Å². The average molecular weight is 263 g/mol. The fourth-order valence-electron chi connectivity index (χ4n) is 1.89. The fraction of sp³-hybridized carbons (Fsp3) is 0.286. The number of benzene rings is 1. The standard InChI is InChI=1S/C14H15F2N3/c1-3-17-13(14-18-7-4-8-19-14)10-6-5-9(2)11(15)12(10)16/h4-8,13,17H,3H2,1-2H3. The van der Waals surface area contributed by atoms with Crippen molar-refractivity contribution in [1.29, 1.82) is 0 Å². The van der Waals surface area contributed by atoms with E-state index in [1.54, 1.807) is 30.6 Å². The van der Waals surface area contributed by atoms with Crippen LogP contribution >= 0.6 is 0 Å². The fourth-order valence-corrected chi connectivity index (χ4v) is 1.89. The van der Waals surface area contributed by atoms with Crippen LogP contribution in [0.3, 0.4) is 0 Å². The van der Waals surface area contributed by atoms with Crippen molar-refractivity contribution in [3.05, 3.63) is 59.2 Å². The van der Waals surface area contributed by atoms with E-state index in [0.717, 1.165) is 0 Å². The smallest absolute Gasteiger partial charge is 0.164 e. The summed E-state index contributed by atoms with van der Waals surface area (Å²) in [5.41, 5.74) is 0.502. The monoisotopic (exact) mass is 263 g/mol. The number of rotatable bonds is 4. The molecule has 2 aromatic rings. The largest absolute Gasteiger partial charge is 0.304 e. The molecule has 0 saturated heterocycles. The van der Waals surface area contributed by atoms with Gasteiger partial charge in [0.15, 0.2) is 11.6 Å². The minimum Gasteiger partial charge on any atom is -0.304 e. The highest BCUT2D eigenvalue weighted by atomic mass is 19.2. The van der Waals surface area contributed by atoms with Crippen LogP contribution < -0.4 is 5.32 Å². The Hall–Kier alpha value is -1.88. The average Bonchev–Trinajstić information content (AvgIpc) is 2.44. The third kappa shape index (κ3) is 2.76. The molecule has 0 amide bonds. The Kier molecular flexibility index (Phi) is 4.16. The van der Waals surface area contributed by atoms with Gasteiger partial charge in [0, 0.05) is 18.0 Å². The number of hydrogen-bond acceptors (Lipinski definition) is 3. The van der Waals surface area contributed by atoms with Gasteiger partial charge in [0.25, 0.3) is 0 Å². The molecule has 3 nitrogen and oxygen atoms in total. The number of nitrogens with one attached hydrogen (secondary N) is 1. The van der Waals surface area contributed by atoms with Crippen LogP contribution in [0, 0.1) is 18.6 Å². The van der Waals surface area contributed by atoms with E-state index in [0.29, 0.717) is 12.4 Å². The van der Waals surface area contributed by atoms with E-state index >= 15 is 0 Å². The Bertz CT molecular complexity index is 558. The molecule has 0 radical (unpaired) electrons. The van der Waals surface area contributed by atoms with Crippen LogP contribution in [-0.2, 0) is 0 Å². The molecule has 0 fully saturated rings. The molecule has 19 heavy (non-hydrogen) atoms. The Balaban J connectivity index is 2.49. The van der Waals surface area contributed by atoms with E-state index in [1.165, 1.54) is 6.92 Å². The van der Waals surface area contributed by atoms with E-state index in [2.05, 4.69) is 15.3 Å². The van der Waals surface area contributed by atoms with Gasteiger partial charge in [-0.1, -0.05) is 19.1 Å².